The van der Waals surface area contributed by atoms with Gasteiger partial charge < -0.3 is 20.1 Å². The Labute approximate surface area is 150 Å². The van der Waals surface area contributed by atoms with Gasteiger partial charge in [0, 0.05) is 42.0 Å². The zero-order valence-electron chi connectivity index (χ0n) is 14.4. The number of methoxy groups -OCH3 is 1. The quantitative estimate of drug-likeness (QED) is 0.676. The number of ether oxygens (including phenoxy) is 1. The number of aryl methyl sites for hydroxylation is 1. The van der Waals surface area contributed by atoms with Crippen molar-refractivity contribution in [2.24, 2.45) is 0 Å². The van der Waals surface area contributed by atoms with Gasteiger partial charge in [0.15, 0.2) is 5.15 Å². The number of aliphatic hydroxyl groups is 1. The van der Waals surface area contributed by atoms with E-state index in [1.54, 1.807) is 13.3 Å². The van der Waals surface area contributed by atoms with E-state index >= 15 is 0 Å². The van der Waals surface area contributed by atoms with Crippen LogP contribution in [0.2, 0.25) is 5.15 Å². The molecule has 0 aromatic carbocycles. The first-order valence-corrected chi connectivity index (χ1v) is 8.24. The van der Waals surface area contributed by atoms with E-state index in [1.807, 2.05) is 24.6 Å². The summed E-state index contributed by atoms with van der Waals surface area (Å²) < 4.78 is 7.32. The lowest BCUT2D eigenvalue weighted by atomic mass is 10.1. The average Bonchev–Trinajstić information content (AvgIpc) is 2.89. The molecule has 0 atom stereocenters. The van der Waals surface area contributed by atoms with Crippen LogP contribution in [0.15, 0.2) is 12.4 Å². The fraction of sp³-hybridized carbons (Fsp3) is 0.353. The summed E-state index contributed by atoms with van der Waals surface area (Å²) in [5.41, 5.74) is 10.9. The molecule has 0 amide bonds. The molecule has 132 valence electrons. The van der Waals surface area contributed by atoms with Crippen molar-refractivity contribution >= 4 is 28.6 Å². The van der Waals surface area contributed by atoms with E-state index in [2.05, 4.69) is 15.0 Å². The van der Waals surface area contributed by atoms with Crippen molar-refractivity contribution in [1.29, 1.82) is 0 Å². The van der Waals surface area contributed by atoms with Gasteiger partial charge in [-0.05, 0) is 13.8 Å². The SMILES string of the molecule is COc1c(C)cnc(Cc2cn(CCO)c3c(Cl)nc(N)nc23)c1C. The smallest absolute Gasteiger partial charge is 0.222 e. The van der Waals surface area contributed by atoms with Crippen LogP contribution in [0.5, 0.6) is 5.75 Å². The summed E-state index contributed by atoms with van der Waals surface area (Å²) in [6.45, 7) is 4.33. The second-order valence-corrected chi connectivity index (χ2v) is 6.22. The number of aromatic nitrogens is 4. The molecule has 25 heavy (non-hydrogen) atoms. The highest BCUT2D eigenvalue weighted by Gasteiger charge is 2.18. The van der Waals surface area contributed by atoms with Crippen molar-refractivity contribution in [1.82, 2.24) is 19.5 Å². The minimum atomic E-state index is -0.0143. The molecule has 0 fully saturated rings. The average molecular weight is 362 g/mol. The molecule has 0 saturated heterocycles. The second kappa shape index (κ2) is 6.85. The van der Waals surface area contributed by atoms with Crippen molar-refractivity contribution in [3.05, 3.63) is 39.9 Å². The molecule has 0 spiro atoms. The second-order valence-electron chi connectivity index (χ2n) is 5.86. The van der Waals surface area contributed by atoms with Crippen LogP contribution in [0.4, 0.5) is 5.95 Å². The first-order chi connectivity index (χ1) is 12.0. The highest BCUT2D eigenvalue weighted by Crippen LogP contribution is 2.30. The Morgan fingerprint density at radius 1 is 1.32 bits per heavy atom. The molecule has 3 heterocycles. The molecule has 0 aliphatic heterocycles. The van der Waals surface area contributed by atoms with E-state index in [9.17, 15) is 5.11 Å². The molecule has 0 aliphatic carbocycles. The van der Waals surface area contributed by atoms with Gasteiger partial charge in [-0.2, -0.15) is 4.98 Å². The first kappa shape index (κ1) is 17.4. The third kappa shape index (κ3) is 3.12. The molecule has 0 aliphatic rings. The Bertz CT molecular complexity index is 939. The van der Waals surface area contributed by atoms with Gasteiger partial charge in [-0.15, -0.1) is 0 Å². The van der Waals surface area contributed by atoms with Crippen molar-refractivity contribution in [2.75, 3.05) is 19.5 Å². The van der Waals surface area contributed by atoms with Crippen LogP contribution < -0.4 is 10.5 Å². The summed E-state index contributed by atoms with van der Waals surface area (Å²) in [6, 6.07) is 0. The summed E-state index contributed by atoms with van der Waals surface area (Å²) >= 11 is 6.25. The van der Waals surface area contributed by atoms with Gasteiger partial charge in [0.05, 0.1) is 24.9 Å². The van der Waals surface area contributed by atoms with E-state index < -0.39 is 0 Å². The normalized spacial score (nSPS) is 11.2. The van der Waals surface area contributed by atoms with Crippen LogP contribution in [0.3, 0.4) is 0 Å². The molecular formula is C17H20ClN5O2. The number of nitrogen functional groups attached to an aromatic ring is 1. The fourth-order valence-electron chi connectivity index (χ4n) is 3.08. The third-order valence-corrected chi connectivity index (χ3v) is 4.47. The number of hydrogen-bond donors (Lipinski definition) is 2. The Morgan fingerprint density at radius 3 is 2.76 bits per heavy atom. The molecule has 3 aromatic heterocycles. The summed E-state index contributed by atoms with van der Waals surface area (Å²) in [7, 11) is 1.65. The maximum Gasteiger partial charge on any atom is 0.222 e. The minimum absolute atomic E-state index is 0.0143. The number of fused-ring (bicyclic) bond motifs is 1. The lowest BCUT2D eigenvalue weighted by Crippen LogP contribution is -2.02. The lowest BCUT2D eigenvalue weighted by molar-refractivity contribution is 0.278. The van der Waals surface area contributed by atoms with Crippen molar-refractivity contribution in [3.8, 4) is 5.75 Å². The Morgan fingerprint density at radius 2 is 2.08 bits per heavy atom. The standard InChI is InChI=1S/C17H20ClN5O2/c1-9-7-20-12(10(2)15(9)25-3)6-11-8-23(4-5-24)14-13(11)21-17(19)22-16(14)18/h7-8,24H,4-6H2,1-3H3,(H2,19,21,22). The summed E-state index contributed by atoms with van der Waals surface area (Å²) in [5.74, 6) is 0.947. The van der Waals surface area contributed by atoms with Gasteiger partial charge >= 0.3 is 0 Å². The molecule has 0 unspecified atom stereocenters. The van der Waals surface area contributed by atoms with Crippen LogP contribution in [0, 0.1) is 13.8 Å². The lowest BCUT2D eigenvalue weighted by Gasteiger charge is -2.11. The van der Waals surface area contributed by atoms with Gasteiger partial charge in [0.25, 0.3) is 0 Å². The van der Waals surface area contributed by atoms with E-state index in [1.165, 1.54) is 0 Å². The highest BCUT2D eigenvalue weighted by atomic mass is 35.5. The van der Waals surface area contributed by atoms with Crippen molar-refractivity contribution in [2.45, 2.75) is 26.8 Å². The number of halogens is 1. The number of pyridine rings is 1. The van der Waals surface area contributed by atoms with Gasteiger partial charge in [-0.25, -0.2) is 4.98 Å². The summed E-state index contributed by atoms with van der Waals surface area (Å²) in [5, 5.41) is 9.58. The van der Waals surface area contributed by atoms with Gasteiger partial charge in [0.1, 0.15) is 11.3 Å². The minimum Gasteiger partial charge on any atom is -0.496 e. The topological polar surface area (TPSA) is 99.1 Å². The fourth-order valence-corrected chi connectivity index (χ4v) is 3.36. The Balaban J connectivity index is 2.14. The molecule has 0 saturated carbocycles. The maximum atomic E-state index is 9.31. The summed E-state index contributed by atoms with van der Waals surface area (Å²) in [4.78, 5) is 12.9. The van der Waals surface area contributed by atoms with E-state index in [0.29, 0.717) is 24.0 Å². The Hall–Kier alpha value is -2.38. The number of nitrogens with two attached hydrogens (primary N) is 1. The summed E-state index contributed by atoms with van der Waals surface area (Å²) in [6.07, 6.45) is 4.25. The Kier molecular flexibility index (Phi) is 4.78. The van der Waals surface area contributed by atoms with Crippen LogP contribution >= 0.6 is 11.6 Å². The first-order valence-electron chi connectivity index (χ1n) is 7.86. The molecule has 0 bridgehead atoms. The van der Waals surface area contributed by atoms with Crippen molar-refractivity contribution < 1.29 is 9.84 Å². The number of hydrogen-bond acceptors (Lipinski definition) is 6. The molecule has 0 radical (unpaired) electrons. The van der Waals surface area contributed by atoms with Gasteiger partial charge in [-0.1, -0.05) is 11.6 Å². The predicted molar refractivity (Wildman–Crippen MR) is 97.1 cm³/mol. The number of anilines is 1. The molecular weight excluding hydrogens is 342 g/mol. The largest absolute Gasteiger partial charge is 0.496 e. The van der Waals surface area contributed by atoms with E-state index in [-0.39, 0.29) is 17.7 Å². The number of aliphatic hydroxyl groups excluding tert-OH is 1. The zero-order valence-corrected chi connectivity index (χ0v) is 15.1. The molecule has 7 nitrogen and oxygen atoms in total. The zero-order chi connectivity index (χ0) is 18.1. The third-order valence-electron chi connectivity index (χ3n) is 4.21. The highest BCUT2D eigenvalue weighted by molar-refractivity contribution is 6.33. The predicted octanol–water partition coefficient (Wildman–Crippen LogP) is 2.27. The maximum absolute atomic E-state index is 9.31. The van der Waals surface area contributed by atoms with Crippen LogP contribution in [0.1, 0.15) is 22.4 Å². The van der Waals surface area contributed by atoms with Gasteiger partial charge in [-0.3, -0.25) is 4.98 Å². The molecule has 3 aromatic rings. The van der Waals surface area contributed by atoms with Crippen LogP contribution in [-0.4, -0.2) is 38.3 Å². The number of nitrogens with zero attached hydrogens (tertiary/aromatic N) is 4. The molecule has 3 rings (SSSR count). The van der Waals surface area contributed by atoms with Crippen molar-refractivity contribution in [3.63, 3.8) is 0 Å². The van der Waals surface area contributed by atoms with Crippen LogP contribution in [0.25, 0.3) is 11.0 Å². The molecule has 8 heteroatoms. The number of rotatable bonds is 5. The monoisotopic (exact) mass is 361 g/mol. The van der Waals surface area contributed by atoms with E-state index in [0.717, 1.165) is 28.1 Å². The molecule has 3 N–H and O–H groups in total. The van der Waals surface area contributed by atoms with E-state index in [4.69, 9.17) is 22.1 Å². The van der Waals surface area contributed by atoms with Gasteiger partial charge in [0.2, 0.25) is 5.95 Å². The van der Waals surface area contributed by atoms with Crippen LogP contribution in [-0.2, 0) is 13.0 Å².